The highest BCUT2D eigenvalue weighted by Crippen LogP contribution is 2.09. The summed E-state index contributed by atoms with van der Waals surface area (Å²) in [6.07, 6.45) is 1.40. The van der Waals surface area contributed by atoms with Crippen molar-refractivity contribution in [2.45, 2.75) is 6.54 Å². The number of aromatic nitrogens is 1. The highest BCUT2D eigenvalue weighted by atomic mass is 19.1. The summed E-state index contributed by atoms with van der Waals surface area (Å²) in [5.41, 5.74) is 0.886. The molecule has 0 unspecified atom stereocenters. The summed E-state index contributed by atoms with van der Waals surface area (Å²) in [7, 11) is 0. The predicted octanol–water partition coefficient (Wildman–Crippen LogP) is 1.09. The van der Waals surface area contributed by atoms with Gasteiger partial charge in [-0.25, -0.2) is 4.39 Å². The molecule has 0 saturated carbocycles. The fourth-order valence-electron chi connectivity index (χ4n) is 1.49. The zero-order valence-corrected chi connectivity index (χ0v) is 10.4. The molecule has 0 atom stereocenters. The molecule has 0 aliphatic heterocycles. The molecule has 5 nitrogen and oxygen atoms in total. The van der Waals surface area contributed by atoms with Crippen LogP contribution in [-0.2, 0) is 6.54 Å². The fraction of sp³-hybridized carbons (Fsp3) is 0.143. The third-order valence-corrected chi connectivity index (χ3v) is 2.45. The minimum absolute atomic E-state index is 0.132. The van der Waals surface area contributed by atoms with E-state index in [1.54, 1.807) is 6.07 Å². The number of hydrogen-bond acceptors (Lipinski definition) is 4. The summed E-state index contributed by atoms with van der Waals surface area (Å²) in [5.74, 6) is 3.76. The number of halogens is 1. The highest BCUT2D eigenvalue weighted by Gasteiger charge is 2.09. The van der Waals surface area contributed by atoms with Crippen LogP contribution in [-0.4, -0.2) is 22.8 Å². The van der Waals surface area contributed by atoms with E-state index < -0.39 is 11.7 Å². The Bertz CT molecular complexity index is 657. The van der Waals surface area contributed by atoms with Crippen LogP contribution in [0.25, 0.3) is 0 Å². The van der Waals surface area contributed by atoms with E-state index in [1.807, 2.05) is 0 Å². The molecule has 1 aromatic carbocycles. The van der Waals surface area contributed by atoms with Gasteiger partial charge in [0.25, 0.3) is 5.91 Å². The van der Waals surface area contributed by atoms with Crippen molar-refractivity contribution < 1.29 is 18.8 Å². The van der Waals surface area contributed by atoms with E-state index >= 15 is 0 Å². The molecule has 0 fully saturated rings. The smallest absolute Gasteiger partial charge is 0.251 e. The van der Waals surface area contributed by atoms with Crippen LogP contribution in [0.15, 0.2) is 35.1 Å². The fourth-order valence-corrected chi connectivity index (χ4v) is 1.49. The summed E-state index contributed by atoms with van der Waals surface area (Å²) in [6, 6.07) is 5.57. The van der Waals surface area contributed by atoms with E-state index in [9.17, 15) is 9.18 Å². The lowest BCUT2D eigenvalue weighted by Crippen LogP contribution is -2.23. The molecule has 1 aromatic heterocycles. The van der Waals surface area contributed by atoms with Crippen molar-refractivity contribution in [3.8, 4) is 11.8 Å². The molecule has 0 spiro atoms. The summed E-state index contributed by atoms with van der Waals surface area (Å²) in [4.78, 5) is 11.8. The van der Waals surface area contributed by atoms with Gasteiger partial charge in [0.2, 0.25) is 0 Å². The van der Waals surface area contributed by atoms with Crippen LogP contribution in [0.5, 0.6) is 0 Å². The van der Waals surface area contributed by atoms with Crippen LogP contribution >= 0.6 is 0 Å². The maximum atomic E-state index is 13.7. The van der Waals surface area contributed by atoms with E-state index in [1.165, 1.54) is 18.4 Å². The molecule has 2 rings (SSSR count). The molecular weight excluding hydrogens is 263 g/mol. The zero-order valence-electron chi connectivity index (χ0n) is 10.4. The van der Waals surface area contributed by atoms with Gasteiger partial charge < -0.3 is 14.9 Å². The van der Waals surface area contributed by atoms with Crippen molar-refractivity contribution >= 4 is 5.91 Å². The molecular formula is C14H11FN2O3. The van der Waals surface area contributed by atoms with Crippen LogP contribution in [0.4, 0.5) is 4.39 Å². The first-order chi connectivity index (χ1) is 9.70. The molecule has 1 amide bonds. The number of benzene rings is 1. The Balaban J connectivity index is 2.05. The third-order valence-electron chi connectivity index (χ3n) is 2.45. The third kappa shape index (κ3) is 3.43. The van der Waals surface area contributed by atoms with Crippen molar-refractivity contribution in [2.75, 3.05) is 6.61 Å². The second kappa shape index (κ2) is 6.50. The maximum Gasteiger partial charge on any atom is 0.251 e. The molecule has 0 radical (unpaired) electrons. The first-order valence-electron chi connectivity index (χ1n) is 5.77. The summed E-state index contributed by atoms with van der Waals surface area (Å²) < 4.78 is 18.3. The van der Waals surface area contributed by atoms with Gasteiger partial charge in [0.1, 0.15) is 24.4 Å². The first-order valence-corrected chi connectivity index (χ1v) is 5.77. The van der Waals surface area contributed by atoms with Gasteiger partial charge in [0.15, 0.2) is 0 Å². The quantitative estimate of drug-likeness (QED) is 0.821. The van der Waals surface area contributed by atoms with Crippen LogP contribution in [0.2, 0.25) is 0 Å². The van der Waals surface area contributed by atoms with Crippen molar-refractivity contribution in [3.63, 3.8) is 0 Å². The van der Waals surface area contributed by atoms with Crippen LogP contribution in [0.1, 0.15) is 21.6 Å². The molecule has 2 N–H and O–H groups in total. The predicted molar refractivity (Wildman–Crippen MR) is 68.0 cm³/mol. The molecule has 1 heterocycles. The van der Waals surface area contributed by atoms with Gasteiger partial charge in [-0.05, 0) is 18.2 Å². The van der Waals surface area contributed by atoms with E-state index in [0.29, 0.717) is 5.69 Å². The molecule has 0 saturated heterocycles. The standard InChI is InChI=1S/C14H11FN2O3/c15-13-8-11(4-3-10(13)2-1-6-18)14(19)16-9-12-5-7-20-17-12/h3-5,7-8,18H,6,9H2,(H,16,19). The van der Waals surface area contributed by atoms with Crippen molar-refractivity contribution in [2.24, 2.45) is 0 Å². The van der Waals surface area contributed by atoms with Crippen molar-refractivity contribution in [1.29, 1.82) is 0 Å². The van der Waals surface area contributed by atoms with Crippen LogP contribution in [0.3, 0.4) is 0 Å². The molecule has 0 bridgehead atoms. The average molecular weight is 274 g/mol. The Kier molecular flexibility index (Phi) is 4.47. The SMILES string of the molecule is O=C(NCc1ccon1)c1ccc(C#CCO)c(F)c1. The lowest BCUT2D eigenvalue weighted by Gasteiger charge is -2.04. The molecule has 20 heavy (non-hydrogen) atoms. The minimum atomic E-state index is -0.611. The Morgan fingerprint density at radius 2 is 2.30 bits per heavy atom. The summed E-state index contributed by atoms with van der Waals surface area (Å²) >= 11 is 0. The van der Waals surface area contributed by atoms with E-state index in [2.05, 4.69) is 26.8 Å². The van der Waals surface area contributed by atoms with Gasteiger partial charge in [-0.3, -0.25) is 4.79 Å². The van der Waals surface area contributed by atoms with Gasteiger partial charge in [0, 0.05) is 11.6 Å². The molecule has 0 aliphatic carbocycles. The van der Waals surface area contributed by atoms with E-state index in [0.717, 1.165) is 6.07 Å². The van der Waals surface area contributed by atoms with E-state index in [-0.39, 0.29) is 24.3 Å². The number of rotatable bonds is 3. The number of nitrogens with one attached hydrogen (secondary N) is 1. The van der Waals surface area contributed by atoms with Gasteiger partial charge in [-0.2, -0.15) is 0 Å². The lowest BCUT2D eigenvalue weighted by atomic mass is 10.1. The maximum absolute atomic E-state index is 13.7. The Labute approximate surface area is 114 Å². The van der Waals surface area contributed by atoms with Gasteiger partial charge >= 0.3 is 0 Å². The molecule has 102 valence electrons. The number of nitrogens with zero attached hydrogens (tertiary/aromatic N) is 1. The Morgan fingerprint density at radius 3 is 2.95 bits per heavy atom. The van der Waals surface area contributed by atoms with Crippen molar-refractivity contribution in [3.05, 3.63) is 53.2 Å². The number of carbonyl (C=O) groups is 1. The average Bonchev–Trinajstić information content (AvgIpc) is 2.96. The molecule has 0 aliphatic rings. The second-order valence-electron chi connectivity index (χ2n) is 3.83. The summed E-state index contributed by atoms with van der Waals surface area (Å²) in [5, 5.41) is 14.8. The lowest BCUT2D eigenvalue weighted by molar-refractivity contribution is 0.0949. The Hall–Kier alpha value is -2.65. The van der Waals surface area contributed by atoms with Crippen LogP contribution < -0.4 is 5.32 Å². The zero-order chi connectivity index (χ0) is 14.4. The number of carbonyl (C=O) groups excluding carboxylic acids is 1. The minimum Gasteiger partial charge on any atom is -0.384 e. The number of amides is 1. The normalized spacial score (nSPS) is 9.70. The van der Waals surface area contributed by atoms with E-state index in [4.69, 9.17) is 5.11 Å². The van der Waals surface area contributed by atoms with Gasteiger partial charge in [-0.15, -0.1) is 0 Å². The topological polar surface area (TPSA) is 75.4 Å². The highest BCUT2D eigenvalue weighted by molar-refractivity contribution is 5.94. The Morgan fingerprint density at radius 1 is 1.45 bits per heavy atom. The monoisotopic (exact) mass is 274 g/mol. The largest absolute Gasteiger partial charge is 0.384 e. The molecule has 6 heteroatoms. The van der Waals surface area contributed by atoms with Crippen LogP contribution in [0, 0.1) is 17.7 Å². The number of aliphatic hydroxyl groups excluding tert-OH is 1. The molecule has 2 aromatic rings. The van der Waals surface area contributed by atoms with Crippen molar-refractivity contribution in [1.82, 2.24) is 10.5 Å². The van der Waals surface area contributed by atoms with Gasteiger partial charge in [-0.1, -0.05) is 17.0 Å². The number of hydrogen-bond donors (Lipinski definition) is 2. The second-order valence-corrected chi connectivity index (χ2v) is 3.83. The first kappa shape index (κ1) is 13.8. The van der Waals surface area contributed by atoms with Gasteiger partial charge in [0.05, 0.1) is 12.1 Å². The summed E-state index contributed by atoms with van der Waals surface area (Å²) in [6.45, 7) is -0.150. The number of aliphatic hydroxyl groups is 1.